The number of carbonyl (C=O) groups is 1. The van der Waals surface area contributed by atoms with Crippen molar-refractivity contribution in [3.8, 4) is 11.6 Å². The standard InChI is InChI=1S/C23H32F3N3O2/c1-2-3-4-5-6-7-8-9-10-11-16-27-18-12-14-19(15-13-18)29-21(31)20(17-30)28-22(29)23(24,25)26/h12-15,17,27,31H,2-11,16H2,1H3. The van der Waals surface area contributed by atoms with Crippen LogP contribution in [0, 0.1) is 0 Å². The Kier molecular flexibility index (Phi) is 9.88. The maximum Gasteiger partial charge on any atom is 0.450 e. The molecule has 2 aromatic rings. The Balaban J connectivity index is 1.78. The first kappa shape index (κ1) is 24.8. The number of aromatic nitrogens is 2. The van der Waals surface area contributed by atoms with Crippen molar-refractivity contribution in [3.05, 3.63) is 35.8 Å². The van der Waals surface area contributed by atoms with E-state index in [4.69, 9.17) is 0 Å². The first-order valence-corrected chi connectivity index (χ1v) is 11.1. The van der Waals surface area contributed by atoms with Crippen LogP contribution in [0.1, 0.15) is 87.4 Å². The molecule has 0 saturated carbocycles. The number of aromatic hydroxyl groups is 1. The normalized spacial score (nSPS) is 11.6. The van der Waals surface area contributed by atoms with Crippen molar-refractivity contribution in [3.63, 3.8) is 0 Å². The highest BCUT2D eigenvalue weighted by Gasteiger charge is 2.39. The van der Waals surface area contributed by atoms with Gasteiger partial charge in [0.15, 0.2) is 12.0 Å². The van der Waals surface area contributed by atoms with Crippen molar-refractivity contribution in [2.24, 2.45) is 0 Å². The molecule has 2 N–H and O–H groups in total. The summed E-state index contributed by atoms with van der Waals surface area (Å²) in [6.07, 6.45) is 7.86. The minimum absolute atomic E-state index is 0.0786. The third kappa shape index (κ3) is 7.60. The lowest BCUT2D eigenvalue weighted by Gasteiger charge is -2.12. The van der Waals surface area contributed by atoms with E-state index in [-0.39, 0.29) is 12.0 Å². The molecule has 0 unspecified atom stereocenters. The van der Waals surface area contributed by atoms with Crippen LogP contribution in [-0.2, 0) is 6.18 Å². The maximum atomic E-state index is 13.2. The number of benzene rings is 1. The van der Waals surface area contributed by atoms with Gasteiger partial charge >= 0.3 is 6.18 Å². The van der Waals surface area contributed by atoms with E-state index in [1.54, 1.807) is 12.1 Å². The lowest BCUT2D eigenvalue weighted by molar-refractivity contribution is -0.146. The molecule has 0 amide bonds. The van der Waals surface area contributed by atoms with Gasteiger partial charge in [0.1, 0.15) is 0 Å². The lowest BCUT2D eigenvalue weighted by atomic mass is 10.1. The molecule has 0 aliphatic rings. The molecular formula is C23H32F3N3O2. The highest BCUT2D eigenvalue weighted by Crippen LogP contribution is 2.35. The van der Waals surface area contributed by atoms with Crippen molar-refractivity contribution in [1.82, 2.24) is 9.55 Å². The number of anilines is 1. The molecule has 2 rings (SSSR count). The fraction of sp³-hybridized carbons (Fsp3) is 0.565. The summed E-state index contributed by atoms with van der Waals surface area (Å²) >= 11 is 0. The van der Waals surface area contributed by atoms with E-state index in [2.05, 4.69) is 17.2 Å². The summed E-state index contributed by atoms with van der Waals surface area (Å²) in [5.74, 6) is -2.16. The van der Waals surface area contributed by atoms with Gasteiger partial charge in [-0.2, -0.15) is 13.2 Å². The highest BCUT2D eigenvalue weighted by atomic mass is 19.4. The maximum absolute atomic E-state index is 13.2. The number of hydrogen-bond donors (Lipinski definition) is 2. The van der Waals surface area contributed by atoms with Crippen LogP contribution in [0.4, 0.5) is 18.9 Å². The van der Waals surface area contributed by atoms with Crippen LogP contribution in [0.2, 0.25) is 0 Å². The highest BCUT2D eigenvalue weighted by molar-refractivity contribution is 5.76. The summed E-state index contributed by atoms with van der Waals surface area (Å²) < 4.78 is 40.2. The minimum Gasteiger partial charge on any atom is -0.493 e. The fourth-order valence-electron chi connectivity index (χ4n) is 3.52. The van der Waals surface area contributed by atoms with Gasteiger partial charge in [0.05, 0.1) is 5.69 Å². The summed E-state index contributed by atoms with van der Waals surface area (Å²) in [5.41, 5.74) is 0.217. The van der Waals surface area contributed by atoms with Crippen LogP contribution >= 0.6 is 0 Å². The molecule has 1 heterocycles. The van der Waals surface area contributed by atoms with Crippen LogP contribution in [0.25, 0.3) is 5.69 Å². The van der Waals surface area contributed by atoms with Gasteiger partial charge in [-0.15, -0.1) is 0 Å². The molecule has 0 fully saturated rings. The Morgan fingerprint density at radius 2 is 1.52 bits per heavy atom. The molecular weight excluding hydrogens is 407 g/mol. The molecule has 172 valence electrons. The van der Waals surface area contributed by atoms with Crippen molar-refractivity contribution in [1.29, 1.82) is 0 Å². The Morgan fingerprint density at radius 1 is 0.968 bits per heavy atom. The van der Waals surface area contributed by atoms with E-state index in [9.17, 15) is 23.1 Å². The van der Waals surface area contributed by atoms with Gasteiger partial charge in [-0.3, -0.25) is 9.36 Å². The zero-order valence-corrected chi connectivity index (χ0v) is 18.0. The second-order valence-corrected chi connectivity index (χ2v) is 7.75. The topological polar surface area (TPSA) is 67.2 Å². The van der Waals surface area contributed by atoms with Gasteiger partial charge in [0, 0.05) is 12.2 Å². The molecule has 31 heavy (non-hydrogen) atoms. The van der Waals surface area contributed by atoms with Gasteiger partial charge < -0.3 is 10.4 Å². The fourth-order valence-corrected chi connectivity index (χ4v) is 3.52. The number of imidazole rings is 1. The molecule has 1 aromatic carbocycles. The largest absolute Gasteiger partial charge is 0.493 e. The predicted molar refractivity (Wildman–Crippen MR) is 116 cm³/mol. The van der Waals surface area contributed by atoms with E-state index in [0.717, 1.165) is 25.1 Å². The van der Waals surface area contributed by atoms with Crippen LogP contribution in [0.3, 0.4) is 0 Å². The van der Waals surface area contributed by atoms with Gasteiger partial charge in [0.2, 0.25) is 11.7 Å². The number of hydrogen-bond acceptors (Lipinski definition) is 4. The van der Waals surface area contributed by atoms with Gasteiger partial charge in [-0.05, 0) is 30.7 Å². The molecule has 0 aliphatic carbocycles. The third-order valence-electron chi connectivity index (χ3n) is 5.23. The van der Waals surface area contributed by atoms with Crippen LogP contribution < -0.4 is 5.32 Å². The average molecular weight is 440 g/mol. The van der Waals surface area contributed by atoms with Crippen molar-refractivity contribution in [2.75, 3.05) is 11.9 Å². The zero-order chi connectivity index (χ0) is 22.7. The number of alkyl halides is 3. The Morgan fingerprint density at radius 3 is 2.03 bits per heavy atom. The smallest absolute Gasteiger partial charge is 0.450 e. The molecule has 1 aromatic heterocycles. The lowest BCUT2D eigenvalue weighted by Crippen LogP contribution is -2.13. The molecule has 5 nitrogen and oxygen atoms in total. The predicted octanol–water partition coefficient (Wildman–Crippen LogP) is 6.74. The van der Waals surface area contributed by atoms with Gasteiger partial charge in [0.25, 0.3) is 0 Å². The molecule has 0 aliphatic heterocycles. The van der Waals surface area contributed by atoms with Crippen LogP contribution in [0.5, 0.6) is 5.88 Å². The summed E-state index contributed by atoms with van der Waals surface area (Å²) in [5, 5.41) is 13.2. The number of nitrogens with one attached hydrogen (secondary N) is 1. The second kappa shape index (κ2) is 12.4. The number of halogens is 3. The van der Waals surface area contributed by atoms with Gasteiger partial charge in [-0.1, -0.05) is 64.7 Å². The number of aldehydes is 1. The van der Waals surface area contributed by atoms with E-state index in [1.165, 1.54) is 63.5 Å². The van der Waals surface area contributed by atoms with Crippen molar-refractivity contribution < 1.29 is 23.1 Å². The number of unbranched alkanes of at least 4 members (excludes halogenated alkanes) is 9. The van der Waals surface area contributed by atoms with Crippen LogP contribution in [0.15, 0.2) is 24.3 Å². The molecule has 0 atom stereocenters. The molecule has 0 saturated heterocycles. The SMILES string of the molecule is CCCCCCCCCCCCNc1ccc(-n2c(C(F)(F)F)nc(C=O)c2O)cc1. The van der Waals surface area contributed by atoms with E-state index in [1.807, 2.05) is 0 Å². The molecule has 0 spiro atoms. The summed E-state index contributed by atoms with van der Waals surface area (Å²) in [6.45, 7) is 3.01. The summed E-state index contributed by atoms with van der Waals surface area (Å²) in [6, 6.07) is 6.19. The van der Waals surface area contributed by atoms with Crippen molar-refractivity contribution in [2.45, 2.75) is 77.3 Å². The summed E-state index contributed by atoms with van der Waals surface area (Å²) in [4.78, 5) is 14.1. The van der Waals surface area contributed by atoms with Crippen molar-refractivity contribution >= 4 is 12.0 Å². The average Bonchev–Trinajstić information content (AvgIpc) is 3.09. The minimum atomic E-state index is -4.80. The zero-order valence-electron chi connectivity index (χ0n) is 18.0. The van der Waals surface area contributed by atoms with E-state index >= 15 is 0 Å². The number of nitrogens with zero attached hydrogens (tertiary/aromatic N) is 2. The molecule has 8 heteroatoms. The Labute approximate surface area is 181 Å². The first-order chi connectivity index (χ1) is 14.9. The Bertz CT molecular complexity index is 802. The molecule has 0 bridgehead atoms. The van der Waals surface area contributed by atoms with Gasteiger partial charge in [-0.25, -0.2) is 4.98 Å². The van der Waals surface area contributed by atoms with E-state index in [0.29, 0.717) is 4.57 Å². The number of rotatable bonds is 14. The third-order valence-corrected chi connectivity index (χ3v) is 5.23. The number of carbonyl (C=O) groups excluding carboxylic acids is 1. The quantitative estimate of drug-likeness (QED) is 0.253. The van der Waals surface area contributed by atoms with Crippen LogP contribution in [-0.4, -0.2) is 27.5 Å². The second-order valence-electron chi connectivity index (χ2n) is 7.75. The Hall–Kier alpha value is -2.51. The van der Waals surface area contributed by atoms with E-state index < -0.39 is 23.6 Å². The summed E-state index contributed by atoms with van der Waals surface area (Å²) in [7, 11) is 0. The first-order valence-electron chi connectivity index (χ1n) is 11.1. The molecule has 0 radical (unpaired) electrons. The monoisotopic (exact) mass is 439 g/mol.